The largest absolute Gasteiger partial charge is 0.381 e. The van der Waals surface area contributed by atoms with E-state index in [2.05, 4.69) is 10.0 Å². The number of sulfonamides is 1. The van der Waals surface area contributed by atoms with Crippen molar-refractivity contribution in [2.24, 2.45) is 0 Å². The van der Waals surface area contributed by atoms with E-state index in [0.717, 1.165) is 18.5 Å². The molecule has 1 aromatic carbocycles. The van der Waals surface area contributed by atoms with Gasteiger partial charge in [0, 0.05) is 18.0 Å². The molecule has 21 heavy (non-hydrogen) atoms. The zero-order valence-corrected chi connectivity index (χ0v) is 13.7. The highest BCUT2D eigenvalue weighted by molar-refractivity contribution is 7.91. The third-order valence-electron chi connectivity index (χ3n) is 3.79. The van der Waals surface area contributed by atoms with Gasteiger partial charge in [0.2, 0.25) is 10.0 Å². The highest BCUT2D eigenvalue weighted by atomic mass is 32.2. The Hall–Kier alpha value is -1.12. The van der Waals surface area contributed by atoms with Gasteiger partial charge in [-0.3, -0.25) is 0 Å². The molecule has 0 aliphatic heterocycles. The lowest BCUT2D eigenvalue weighted by molar-refractivity contribution is 0.579. The van der Waals surface area contributed by atoms with E-state index in [1.54, 1.807) is 12.1 Å². The first kappa shape index (κ1) is 16.3. The van der Waals surface area contributed by atoms with Crippen molar-refractivity contribution in [3.8, 4) is 0 Å². The predicted octanol–water partition coefficient (Wildman–Crippen LogP) is 0.972. The first-order valence-corrected chi connectivity index (χ1v) is 10.2. The molecule has 0 spiro atoms. The molecule has 1 aliphatic carbocycles. The summed E-state index contributed by atoms with van der Waals surface area (Å²) in [6, 6.07) is 6.19. The van der Waals surface area contributed by atoms with Gasteiger partial charge in [-0.15, -0.1) is 0 Å². The van der Waals surface area contributed by atoms with Crippen molar-refractivity contribution in [2.75, 3.05) is 18.6 Å². The summed E-state index contributed by atoms with van der Waals surface area (Å²) in [5, 5.41) is 2.82. The molecule has 0 amide bonds. The molecule has 0 aromatic heterocycles. The Labute approximate surface area is 125 Å². The van der Waals surface area contributed by atoms with Crippen molar-refractivity contribution < 1.29 is 16.8 Å². The lowest BCUT2D eigenvalue weighted by Gasteiger charge is -2.20. The molecular formula is C13H20N2O4S2. The third kappa shape index (κ3) is 3.75. The van der Waals surface area contributed by atoms with Crippen LogP contribution in [0.5, 0.6) is 0 Å². The van der Waals surface area contributed by atoms with Crippen LogP contribution in [0.25, 0.3) is 0 Å². The van der Waals surface area contributed by atoms with E-state index in [1.807, 2.05) is 0 Å². The normalized spacial score (nSPS) is 23.1. The summed E-state index contributed by atoms with van der Waals surface area (Å²) in [5.74, 6) is 0. The van der Waals surface area contributed by atoms with Gasteiger partial charge in [-0.05, 0) is 50.6 Å². The molecule has 1 aromatic rings. The smallest absolute Gasteiger partial charge is 0.240 e. The number of hydrogen-bond donors (Lipinski definition) is 2. The second-order valence-electron chi connectivity index (χ2n) is 5.28. The molecule has 2 rings (SSSR count). The molecule has 6 nitrogen and oxygen atoms in total. The first-order valence-electron chi connectivity index (χ1n) is 6.73. The first-order chi connectivity index (χ1) is 9.74. The van der Waals surface area contributed by atoms with Crippen molar-refractivity contribution in [2.45, 2.75) is 35.4 Å². The molecule has 118 valence electrons. The second-order valence-corrected chi connectivity index (χ2v) is 9.43. The summed E-state index contributed by atoms with van der Waals surface area (Å²) >= 11 is 0. The van der Waals surface area contributed by atoms with E-state index in [4.69, 9.17) is 0 Å². The molecule has 0 heterocycles. The highest BCUT2D eigenvalue weighted by Crippen LogP contribution is 2.28. The summed E-state index contributed by atoms with van der Waals surface area (Å²) in [6.07, 6.45) is 3.61. The van der Waals surface area contributed by atoms with E-state index < -0.39 is 19.9 Å². The Balaban J connectivity index is 2.14. The van der Waals surface area contributed by atoms with E-state index in [9.17, 15) is 16.8 Å². The molecule has 8 heteroatoms. The van der Waals surface area contributed by atoms with Crippen molar-refractivity contribution in [3.05, 3.63) is 24.3 Å². The lowest BCUT2D eigenvalue weighted by atomic mass is 10.2. The molecule has 0 radical (unpaired) electrons. The van der Waals surface area contributed by atoms with Crippen LogP contribution in [0.3, 0.4) is 0 Å². The van der Waals surface area contributed by atoms with Crippen molar-refractivity contribution in [3.63, 3.8) is 0 Å². The Kier molecular flexibility index (Phi) is 4.60. The summed E-state index contributed by atoms with van der Waals surface area (Å²) in [7, 11) is -5.17. The molecule has 1 saturated carbocycles. The van der Waals surface area contributed by atoms with Gasteiger partial charge in [-0.1, -0.05) is 0 Å². The van der Waals surface area contributed by atoms with Gasteiger partial charge < -0.3 is 5.32 Å². The molecule has 2 N–H and O–H groups in total. The van der Waals surface area contributed by atoms with Gasteiger partial charge >= 0.3 is 0 Å². The average molecular weight is 332 g/mol. The Morgan fingerprint density at radius 1 is 1.05 bits per heavy atom. The number of hydrogen-bond acceptors (Lipinski definition) is 5. The van der Waals surface area contributed by atoms with Gasteiger partial charge in [0.25, 0.3) is 0 Å². The maximum absolute atomic E-state index is 11.7. The second kappa shape index (κ2) is 5.94. The molecular weight excluding hydrogens is 312 g/mol. The number of sulfone groups is 1. The van der Waals surface area contributed by atoms with Crippen LogP contribution in [0, 0.1) is 0 Å². The topological polar surface area (TPSA) is 92.3 Å². The Morgan fingerprint density at radius 2 is 1.67 bits per heavy atom. The van der Waals surface area contributed by atoms with Gasteiger partial charge in [0.15, 0.2) is 9.84 Å². The van der Waals surface area contributed by atoms with Crippen LogP contribution in [0.15, 0.2) is 29.2 Å². The molecule has 0 saturated heterocycles. The minimum absolute atomic E-state index is 0.119. The number of rotatable bonds is 5. The van der Waals surface area contributed by atoms with E-state index in [0.29, 0.717) is 6.42 Å². The monoisotopic (exact) mass is 332 g/mol. The Morgan fingerprint density at radius 3 is 2.19 bits per heavy atom. The summed E-state index contributed by atoms with van der Waals surface area (Å²) in [6.45, 7) is 0. The average Bonchev–Trinajstić information content (AvgIpc) is 2.87. The highest BCUT2D eigenvalue weighted by Gasteiger charge is 2.34. The maximum atomic E-state index is 11.7. The number of anilines is 1. The number of benzene rings is 1. The SMILES string of the molecule is CNS(=O)(=O)c1ccc(NC2CCCC2S(C)(=O)=O)cc1. The van der Waals surface area contributed by atoms with Crippen molar-refractivity contribution in [1.82, 2.24) is 4.72 Å². The van der Waals surface area contributed by atoms with Gasteiger partial charge in [0.1, 0.15) is 0 Å². The van der Waals surface area contributed by atoms with Crippen LogP contribution in [-0.4, -0.2) is 41.4 Å². The van der Waals surface area contributed by atoms with Gasteiger partial charge in [0.05, 0.1) is 10.1 Å². The fourth-order valence-corrected chi connectivity index (χ4v) is 4.79. The molecule has 1 aliphatic rings. The minimum Gasteiger partial charge on any atom is -0.381 e. The van der Waals surface area contributed by atoms with Crippen molar-refractivity contribution in [1.29, 1.82) is 0 Å². The minimum atomic E-state index is -3.45. The third-order valence-corrected chi connectivity index (χ3v) is 6.88. The van der Waals surface area contributed by atoms with E-state index >= 15 is 0 Å². The van der Waals surface area contributed by atoms with Crippen molar-refractivity contribution >= 4 is 25.5 Å². The van der Waals surface area contributed by atoms with Crippen LogP contribution >= 0.6 is 0 Å². The molecule has 0 bridgehead atoms. The standard InChI is InChI=1S/C13H20N2O4S2/c1-14-21(18,19)11-8-6-10(7-9-11)15-12-4-3-5-13(12)20(2,16)17/h6-9,12-15H,3-5H2,1-2H3. The predicted molar refractivity (Wildman–Crippen MR) is 82.6 cm³/mol. The summed E-state index contributed by atoms with van der Waals surface area (Å²) in [4.78, 5) is 0.182. The maximum Gasteiger partial charge on any atom is 0.240 e. The van der Waals surface area contributed by atoms with E-state index in [1.165, 1.54) is 25.4 Å². The van der Waals surface area contributed by atoms with Crippen LogP contribution in [0.1, 0.15) is 19.3 Å². The van der Waals surface area contributed by atoms with Gasteiger partial charge in [-0.2, -0.15) is 0 Å². The molecule has 2 unspecified atom stereocenters. The molecule has 2 atom stereocenters. The fourth-order valence-electron chi connectivity index (χ4n) is 2.67. The summed E-state index contributed by atoms with van der Waals surface area (Å²) < 4.78 is 49.0. The van der Waals surface area contributed by atoms with Crippen LogP contribution < -0.4 is 10.0 Å². The van der Waals surface area contributed by atoms with Crippen LogP contribution in [0.2, 0.25) is 0 Å². The zero-order chi connectivity index (χ0) is 15.7. The fraction of sp³-hybridized carbons (Fsp3) is 0.538. The number of nitrogens with one attached hydrogen (secondary N) is 2. The summed E-state index contributed by atoms with van der Waals surface area (Å²) in [5.41, 5.74) is 0.727. The Bertz CT molecular complexity index is 696. The molecule has 1 fully saturated rings. The van der Waals surface area contributed by atoms with Gasteiger partial charge in [-0.25, -0.2) is 21.6 Å². The van der Waals surface area contributed by atoms with Crippen LogP contribution in [0.4, 0.5) is 5.69 Å². The quantitative estimate of drug-likeness (QED) is 0.838. The van der Waals surface area contributed by atoms with Crippen LogP contribution in [-0.2, 0) is 19.9 Å². The lowest BCUT2D eigenvalue weighted by Crippen LogP contribution is -2.34. The zero-order valence-electron chi connectivity index (χ0n) is 12.0. The van der Waals surface area contributed by atoms with E-state index in [-0.39, 0.29) is 16.2 Å².